The fraction of sp³-hybridized carbons (Fsp3) is 0.727. The second-order valence-electron chi connectivity index (χ2n) is 4.26. The lowest BCUT2D eigenvalue weighted by Gasteiger charge is -2.27. The first-order chi connectivity index (χ1) is 7.99. The lowest BCUT2D eigenvalue weighted by molar-refractivity contribution is -0.142. The molecule has 1 aromatic rings. The van der Waals surface area contributed by atoms with E-state index in [0.29, 0.717) is 24.7 Å². The molecule has 1 heterocycles. The summed E-state index contributed by atoms with van der Waals surface area (Å²) in [6, 6.07) is 0. The number of carbonyl (C=O) groups is 1. The molecule has 0 radical (unpaired) electrons. The lowest BCUT2D eigenvalue weighted by Crippen LogP contribution is -2.43. The summed E-state index contributed by atoms with van der Waals surface area (Å²) in [6.45, 7) is 6.19. The number of carbonyl (C=O) groups excluding carboxylic acids is 1. The van der Waals surface area contributed by atoms with E-state index in [0.717, 1.165) is 6.42 Å². The van der Waals surface area contributed by atoms with Crippen LogP contribution in [-0.4, -0.2) is 28.8 Å². The van der Waals surface area contributed by atoms with E-state index in [-0.39, 0.29) is 11.5 Å². The molecule has 0 aliphatic heterocycles. The van der Waals surface area contributed by atoms with Crippen LogP contribution >= 0.6 is 0 Å². The van der Waals surface area contributed by atoms with Crippen LogP contribution in [0.5, 0.6) is 0 Å². The molecule has 0 spiro atoms. The van der Waals surface area contributed by atoms with Gasteiger partial charge in [-0.05, 0) is 20.3 Å². The van der Waals surface area contributed by atoms with Crippen LogP contribution in [0.3, 0.4) is 0 Å². The highest BCUT2D eigenvalue weighted by molar-refractivity contribution is 5.70. The van der Waals surface area contributed by atoms with Gasteiger partial charge in [-0.1, -0.05) is 12.1 Å². The van der Waals surface area contributed by atoms with E-state index in [1.165, 1.54) is 7.11 Å². The average Bonchev–Trinajstić information content (AvgIpc) is 2.72. The van der Waals surface area contributed by atoms with E-state index in [9.17, 15) is 4.79 Å². The van der Waals surface area contributed by atoms with Gasteiger partial charge in [0.05, 0.1) is 20.1 Å². The predicted octanol–water partition coefficient (Wildman–Crippen LogP) is 1.20. The monoisotopic (exact) mass is 241 g/mol. The van der Waals surface area contributed by atoms with Gasteiger partial charge in [0.15, 0.2) is 5.82 Å². The normalized spacial score (nSPS) is 14.4. The first-order valence-corrected chi connectivity index (χ1v) is 5.60. The van der Waals surface area contributed by atoms with Crippen LogP contribution in [0.15, 0.2) is 4.52 Å². The first kappa shape index (κ1) is 13.6. The molecule has 0 fully saturated rings. The Morgan fingerprint density at radius 3 is 2.76 bits per heavy atom. The number of nitrogens with one attached hydrogen (secondary N) is 1. The molecule has 0 saturated carbocycles. The van der Waals surface area contributed by atoms with Crippen LogP contribution in [0.1, 0.15) is 38.4 Å². The van der Waals surface area contributed by atoms with Gasteiger partial charge < -0.3 is 14.6 Å². The zero-order valence-electron chi connectivity index (χ0n) is 10.7. The molecule has 0 saturated heterocycles. The Balaban J connectivity index is 2.53. The molecule has 0 aromatic carbocycles. The molecular weight excluding hydrogens is 222 g/mol. The van der Waals surface area contributed by atoms with Crippen molar-refractivity contribution in [2.45, 2.75) is 45.7 Å². The fourth-order valence-corrected chi connectivity index (χ4v) is 1.40. The maximum atomic E-state index is 11.3. The standard InChI is InChI=1S/C11H19N3O3/c1-5-11(3,6-10(15)16-4)12-7-9-13-8(2)14-17-9/h12H,5-7H2,1-4H3/t11-/m0/s1. The van der Waals surface area contributed by atoms with Gasteiger partial charge >= 0.3 is 5.97 Å². The van der Waals surface area contributed by atoms with E-state index in [4.69, 9.17) is 4.52 Å². The zero-order valence-corrected chi connectivity index (χ0v) is 10.7. The van der Waals surface area contributed by atoms with Crippen LogP contribution < -0.4 is 5.32 Å². The third kappa shape index (κ3) is 4.14. The van der Waals surface area contributed by atoms with Crippen molar-refractivity contribution in [1.29, 1.82) is 0 Å². The van der Waals surface area contributed by atoms with Crippen molar-refractivity contribution in [2.24, 2.45) is 0 Å². The quantitative estimate of drug-likeness (QED) is 0.754. The second-order valence-corrected chi connectivity index (χ2v) is 4.26. The van der Waals surface area contributed by atoms with Crippen molar-refractivity contribution in [3.8, 4) is 0 Å². The van der Waals surface area contributed by atoms with Crippen molar-refractivity contribution in [3.63, 3.8) is 0 Å². The SMILES string of the molecule is CC[C@@](C)(CC(=O)OC)NCc1nc(C)no1. The minimum absolute atomic E-state index is 0.233. The van der Waals surface area contributed by atoms with Gasteiger partial charge in [-0.25, -0.2) is 0 Å². The highest BCUT2D eigenvalue weighted by Gasteiger charge is 2.26. The molecule has 0 bridgehead atoms. The summed E-state index contributed by atoms with van der Waals surface area (Å²) in [4.78, 5) is 15.4. The van der Waals surface area contributed by atoms with E-state index in [2.05, 4.69) is 20.2 Å². The third-order valence-corrected chi connectivity index (χ3v) is 2.78. The van der Waals surface area contributed by atoms with Crippen molar-refractivity contribution < 1.29 is 14.1 Å². The van der Waals surface area contributed by atoms with Crippen LogP contribution in [0.2, 0.25) is 0 Å². The Morgan fingerprint density at radius 1 is 1.59 bits per heavy atom. The Labute approximate surface area is 101 Å². The van der Waals surface area contributed by atoms with Crippen LogP contribution in [0.4, 0.5) is 0 Å². The smallest absolute Gasteiger partial charge is 0.307 e. The summed E-state index contributed by atoms with van der Waals surface area (Å²) in [6.07, 6.45) is 1.11. The molecule has 96 valence electrons. The molecule has 1 atom stereocenters. The summed E-state index contributed by atoms with van der Waals surface area (Å²) in [7, 11) is 1.39. The number of ether oxygens (including phenoxy) is 1. The summed E-state index contributed by atoms with van der Waals surface area (Å²) >= 11 is 0. The molecule has 0 aliphatic rings. The summed E-state index contributed by atoms with van der Waals surface area (Å²) < 4.78 is 9.67. The van der Waals surface area contributed by atoms with Gasteiger partial charge in [-0.3, -0.25) is 4.79 Å². The highest BCUT2D eigenvalue weighted by Crippen LogP contribution is 2.15. The first-order valence-electron chi connectivity index (χ1n) is 5.60. The van der Waals surface area contributed by atoms with Crippen molar-refractivity contribution in [1.82, 2.24) is 15.5 Å². The Bertz CT molecular complexity index is 378. The number of hydrogen-bond donors (Lipinski definition) is 1. The van der Waals surface area contributed by atoms with Gasteiger partial charge in [0, 0.05) is 5.54 Å². The van der Waals surface area contributed by atoms with Crippen LogP contribution in [0.25, 0.3) is 0 Å². The zero-order chi connectivity index (χ0) is 12.9. The van der Waals surface area contributed by atoms with Gasteiger partial charge in [-0.15, -0.1) is 0 Å². The molecule has 1 rings (SSSR count). The second kappa shape index (κ2) is 5.77. The number of rotatable bonds is 6. The molecule has 0 amide bonds. The molecule has 1 aromatic heterocycles. The molecule has 17 heavy (non-hydrogen) atoms. The summed E-state index contributed by atoms with van der Waals surface area (Å²) in [5.41, 5.74) is -0.324. The van der Waals surface area contributed by atoms with Gasteiger partial charge in [0.2, 0.25) is 5.89 Å². The van der Waals surface area contributed by atoms with Crippen molar-refractivity contribution >= 4 is 5.97 Å². The Morgan fingerprint density at radius 2 is 2.29 bits per heavy atom. The largest absolute Gasteiger partial charge is 0.469 e. The topological polar surface area (TPSA) is 77.2 Å². The number of aromatic nitrogens is 2. The van der Waals surface area contributed by atoms with E-state index in [1.807, 2.05) is 13.8 Å². The minimum Gasteiger partial charge on any atom is -0.469 e. The summed E-state index contributed by atoms with van der Waals surface area (Å²) in [5, 5.41) is 6.95. The fourth-order valence-electron chi connectivity index (χ4n) is 1.40. The lowest BCUT2D eigenvalue weighted by atomic mass is 9.94. The molecule has 6 heteroatoms. The van der Waals surface area contributed by atoms with E-state index >= 15 is 0 Å². The number of esters is 1. The molecule has 1 N–H and O–H groups in total. The number of nitrogens with zero attached hydrogens (tertiary/aromatic N) is 2. The van der Waals surface area contributed by atoms with Crippen LogP contribution in [0, 0.1) is 6.92 Å². The maximum Gasteiger partial charge on any atom is 0.307 e. The van der Waals surface area contributed by atoms with Crippen molar-refractivity contribution in [3.05, 3.63) is 11.7 Å². The molecular formula is C11H19N3O3. The van der Waals surface area contributed by atoms with Gasteiger partial charge in [0.1, 0.15) is 0 Å². The Kier molecular flexibility index (Phi) is 4.62. The molecule has 0 unspecified atom stereocenters. The predicted molar refractivity (Wildman–Crippen MR) is 61.2 cm³/mol. The highest BCUT2D eigenvalue weighted by atomic mass is 16.5. The maximum absolute atomic E-state index is 11.3. The molecule has 0 aliphatic carbocycles. The number of hydrogen-bond acceptors (Lipinski definition) is 6. The van der Waals surface area contributed by atoms with E-state index in [1.54, 1.807) is 6.92 Å². The minimum atomic E-state index is -0.324. The van der Waals surface area contributed by atoms with Crippen molar-refractivity contribution in [2.75, 3.05) is 7.11 Å². The number of methoxy groups -OCH3 is 1. The van der Waals surface area contributed by atoms with Gasteiger partial charge in [-0.2, -0.15) is 4.98 Å². The van der Waals surface area contributed by atoms with E-state index < -0.39 is 0 Å². The Hall–Kier alpha value is -1.43. The molecule has 6 nitrogen and oxygen atoms in total. The van der Waals surface area contributed by atoms with Gasteiger partial charge in [0.25, 0.3) is 0 Å². The third-order valence-electron chi connectivity index (χ3n) is 2.78. The number of aryl methyl sites for hydroxylation is 1. The average molecular weight is 241 g/mol. The van der Waals surface area contributed by atoms with Crippen LogP contribution in [-0.2, 0) is 16.1 Å². The summed E-state index contributed by atoms with van der Waals surface area (Å²) in [5.74, 6) is 0.892.